The van der Waals surface area contributed by atoms with Crippen molar-refractivity contribution in [2.45, 2.75) is 0 Å². The standard InChI is InChI=1S/C22H17N5O3/c23-20(24)16-2-1-15-10-17(6-3-14(15)9-16)25-21(29)13-4-7-19(8-5-13)27-11-18(12-28)26-22(27)30/h1-10,12H,11H2,(H3,23,24)(H,25,29)/p+1. The highest BCUT2D eigenvalue weighted by Crippen LogP contribution is 2.22. The summed E-state index contributed by atoms with van der Waals surface area (Å²) in [6.45, 7) is 0.125. The molecule has 0 unspecified atom stereocenters. The highest BCUT2D eigenvalue weighted by Gasteiger charge is 2.24. The van der Waals surface area contributed by atoms with Crippen LogP contribution >= 0.6 is 0 Å². The van der Waals surface area contributed by atoms with Crippen LogP contribution in [0.1, 0.15) is 15.9 Å². The fraction of sp³-hybridized carbons (Fsp3) is 0.0455. The Bertz CT molecular complexity index is 1230. The van der Waals surface area contributed by atoms with Crippen molar-refractivity contribution in [1.82, 2.24) is 0 Å². The van der Waals surface area contributed by atoms with E-state index in [9.17, 15) is 14.4 Å². The van der Waals surface area contributed by atoms with Gasteiger partial charge in [0.05, 0.1) is 12.1 Å². The van der Waals surface area contributed by atoms with Crippen molar-refractivity contribution in [1.29, 1.82) is 0 Å². The van der Waals surface area contributed by atoms with Crippen LogP contribution in [0.25, 0.3) is 10.8 Å². The van der Waals surface area contributed by atoms with Gasteiger partial charge in [0, 0.05) is 16.9 Å². The molecule has 0 spiro atoms. The van der Waals surface area contributed by atoms with E-state index >= 15 is 0 Å². The lowest BCUT2D eigenvalue weighted by Crippen LogP contribution is -2.46. The molecule has 0 saturated heterocycles. The Kier molecular flexibility index (Phi) is 4.81. The molecular formula is C22H18N5O3+. The molecule has 0 radical (unpaired) electrons. The zero-order valence-electron chi connectivity index (χ0n) is 15.8. The van der Waals surface area contributed by atoms with Gasteiger partial charge in [-0.05, 0) is 59.3 Å². The van der Waals surface area contributed by atoms with Crippen LogP contribution in [0.3, 0.4) is 0 Å². The third-order valence-corrected chi connectivity index (χ3v) is 4.80. The highest BCUT2D eigenvalue weighted by atomic mass is 16.2. The maximum atomic E-state index is 12.6. The molecule has 5 N–H and O–H groups in total. The number of aldehydes is 1. The Labute approximate surface area is 171 Å². The first-order valence-corrected chi connectivity index (χ1v) is 9.12. The van der Waals surface area contributed by atoms with Crippen molar-refractivity contribution in [3.05, 3.63) is 71.8 Å². The fourth-order valence-electron chi connectivity index (χ4n) is 3.21. The summed E-state index contributed by atoms with van der Waals surface area (Å²) in [5.41, 5.74) is 8.20. The molecule has 30 heavy (non-hydrogen) atoms. The Morgan fingerprint density at radius 1 is 1.03 bits per heavy atom. The first kappa shape index (κ1) is 19.0. The average Bonchev–Trinajstić information content (AvgIpc) is 3.14. The third-order valence-electron chi connectivity index (χ3n) is 4.80. The molecule has 3 amide bonds. The Balaban J connectivity index is 1.48. The lowest BCUT2D eigenvalue weighted by atomic mass is 10.1. The van der Waals surface area contributed by atoms with E-state index in [2.05, 4.69) is 10.3 Å². The smallest absolute Gasteiger partial charge is 0.322 e. The number of nitrogens with one attached hydrogen (secondary N) is 1. The monoisotopic (exact) mass is 400 g/mol. The molecule has 148 valence electrons. The second-order valence-electron chi connectivity index (χ2n) is 6.82. The maximum absolute atomic E-state index is 12.6. The van der Waals surface area contributed by atoms with E-state index in [-0.39, 0.29) is 24.0 Å². The van der Waals surface area contributed by atoms with Crippen molar-refractivity contribution in [3.8, 4) is 0 Å². The summed E-state index contributed by atoms with van der Waals surface area (Å²) in [6.07, 6.45) is 0.563. The molecule has 3 aromatic rings. The van der Waals surface area contributed by atoms with Crippen LogP contribution in [0, 0.1) is 0 Å². The molecular weight excluding hydrogens is 382 g/mol. The summed E-state index contributed by atoms with van der Waals surface area (Å²) in [5, 5.41) is 10.4. The Morgan fingerprint density at radius 2 is 1.70 bits per heavy atom. The molecule has 4 rings (SSSR count). The lowest BCUT2D eigenvalue weighted by molar-refractivity contribution is -0.114. The minimum Gasteiger partial charge on any atom is -0.322 e. The van der Waals surface area contributed by atoms with Gasteiger partial charge in [-0.15, -0.1) is 0 Å². The predicted octanol–water partition coefficient (Wildman–Crippen LogP) is 1.14. The number of hydrogen-bond donors (Lipinski definition) is 3. The van der Waals surface area contributed by atoms with Crippen LogP contribution in [0.2, 0.25) is 0 Å². The molecule has 0 atom stereocenters. The van der Waals surface area contributed by atoms with Gasteiger partial charge in [0.2, 0.25) is 0 Å². The number of urea groups is 1. The van der Waals surface area contributed by atoms with E-state index in [1.165, 1.54) is 4.90 Å². The van der Waals surface area contributed by atoms with Crippen molar-refractivity contribution in [2.75, 3.05) is 16.8 Å². The van der Waals surface area contributed by atoms with Gasteiger partial charge in [0.1, 0.15) is 5.71 Å². The zero-order chi connectivity index (χ0) is 21.3. The number of rotatable bonds is 5. The average molecular weight is 400 g/mol. The predicted molar refractivity (Wildman–Crippen MR) is 115 cm³/mol. The molecule has 0 aliphatic carbocycles. The van der Waals surface area contributed by atoms with Crippen LogP contribution in [-0.4, -0.2) is 36.3 Å². The molecule has 0 saturated carbocycles. The fourth-order valence-corrected chi connectivity index (χ4v) is 3.21. The van der Waals surface area contributed by atoms with E-state index in [0.29, 0.717) is 23.2 Å². The topological polar surface area (TPSA) is 130 Å². The molecule has 1 heterocycles. The zero-order valence-corrected chi connectivity index (χ0v) is 15.8. The van der Waals surface area contributed by atoms with Gasteiger partial charge in [-0.2, -0.15) is 4.99 Å². The summed E-state index contributed by atoms with van der Waals surface area (Å²) < 4.78 is 0. The van der Waals surface area contributed by atoms with Crippen molar-refractivity contribution >= 4 is 51.9 Å². The van der Waals surface area contributed by atoms with Gasteiger partial charge < -0.3 is 5.32 Å². The van der Waals surface area contributed by atoms with Crippen molar-refractivity contribution in [3.63, 3.8) is 0 Å². The minimum absolute atomic E-state index is 0.125. The van der Waals surface area contributed by atoms with Gasteiger partial charge in [-0.25, -0.2) is 4.79 Å². The van der Waals surface area contributed by atoms with E-state index < -0.39 is 6.03 Å². The molecule has 0 aromatic heterocycles. The van der Waals surface area contributed by atoms with Crippen molar-refractivity contribution < 1.29 is 19.8 Å². The van der Waals surface area contributed by atoms with Gasteiger partial charge in [-0.1, -0.05) is 12.1 Å². The number of nitrogens with zero attached hydrogens (tertiary/aromatic N) is 2. The first-order chi connectivity index (χ1) is 14.4. The first-order valence-electron chi connectivity index (χ1n) is 9.12. The minimum atomic E-state index is -0.498. The number of carbonyl (C=O) groups is 3. The van der Waals surface area contributed by atoms with Crippen LogP contribution in [0.5, 0.6) is 0 Å². The van der Waals surface area contributed by atoms with Crippen LogP contribution < -0.4 is 21.4 Å². The van der Waals surface area contributed by atoms with Gasteiger partial charge in [0.15, 0.2) is 6.29 Å². The van der Waals surface area contributed by atoms with Gasteiger partial charge in [-0.3, -0.25) is 25.6 Å². The number of hydrogen-bond acceptors (Lipinski definition) is 3. The van der Waals surface area contributed by atoms with Crippen LogP contribution in [0.4, 0.5) is 16.2 Å². The number of amides is 3. The van der Waals surface area contributed by atoms with E-state index in [1.807, 2.05) is 30.3 Å². The maximum Gasteiger partial charge on any atom is 0.348 e. The normalized spacial score (nSPS) is 13.3. The number of benzene rings is 3. The second kappa shape index (κ2) is 7.59. The number of amidine groups is 1. The molecule has 8 nitrogen and oxygen atoms in total. The second-order valence-corrected chi connectivity index (χ2v) is 6.82. The molecule has 0 fully saturated rings. The Hall–Kier alpha value is -4.33. The molecule has 3 aromatic carbocycles. The number of aliphatic imine (C=N–C) groups is 1. The van der Waals surface area contributed by atoms with Gasteiger partial charge >= 0.3 is 6.03 Å². The van der Waals surface area contributed by atoms with E-state index in [1.54, 1.807) is 30.3 Å². The van der Waals surface area contributed by atoms with Crippen LogP contribution in [0.15, 0.2) is 65.7 Å². The molecule has 8 heteroatoms. The SMILES string of the molecule is NC(=[NH2+])c1ccc2cc(NC(=O)c3ccc(N4CC(C=O)=NC4=O)cc3)ccc2c1. The number of carbonyl (C=O) groups excluding carboxylic acids is 3. The quantitative estimate of drug-likeness (QED) is 0.337. The molecule has 1 aliphatic rings. The largest absolute Gasteiger partial charge is 0.348 e. The number of fused-ring (bicyclic) bond motifs is 1. The Morgan fingerprint density at radius 3 is 2.37 bits per heavy atom. The summed E-state index contributed by atoms with van der Waals surface area (Å²) >= 11 is 0. The third kappa shape index (κ3) is 3.66. The number of anilines is 2. The van der Waals surface area contributed by atoms with Gasteiger partial charge in [0.25, 0.3) is 11.7 Å². The van der Waals surface area contributed by atoms with E-state index in [0.717, 1.165) is 16.3 Å². The highest BCUT2D eigenvalue weighted by molar-refractivity contribution is 6.36. The lowest BCUT2D eigenvalue weighted by Gasteiger charge is -2.14. The summed E-state index contributed by atoms with van der Waals surface area (Å²) in [7, 11) is 0. The summed E-state index contributed by atoms with van der Waals surface area (Å²) in [5.74, 6) is -0.0306. The summed E-state index contributed by atoms with van der Waals surface area (Å²) in [4.78, 5) is 40.3. The summed E-state index contributed by atoms with van der Waals surface area (Å²) in [6, 6.07) is 17.1. The molecule has 0 bridgehead atoms. The van der Waals surface area contributed by atoms with Crippen molar-refractivity contribution in [2.24, 2.45) is 10.7 Å². The molecule has 1 aliphatic heterocycles. The number of nitrogens with two attached hydrogens (primary N) is 2. The van der Waals surface area contributed by atoms with E-state index in [4.69, 9.17) is 11.1 Å². The van der Waals surface area contributed by atoms with Crippen LogP contribution in [-0.2, 0) is 4.79 Å².